The van der Waals surface area contributed by atoms with Gasteiger partial charge in [-0.1, -0.05) is 0 Å². The first kappa shape index (κ1) is 9.97. The number of rotatable bonds is 4. The number of nitrogens with two attached hydrogens (primary N) is 1. The Morgan fingerprint density at radius 1 is 1.55 bits per heavy atom. The summed E-state index contributed by atoms with van der Waals surface area (Å²) in [5, 5.41) is 0. The van der Waals surface area contributed by atoms with Crippen LogP contribution in [0.4, 0.5) is 0 Å². The minimum Gasteiger partial charge on any atom is -0.466 e. The van der Waals surface area contributed by atoms with Crippen molar-refractivity contribution >= 4 is 5.97 Å². The van der Waals surface area contributed by atoms with Crippen molar-refractivity contribution in [3.05, 3.63) is 11.8 Å². The Hall–Kier alpha value is -1.03. The molecule has 0 aliphatic carbocycles. The summed E-state index contributed by atoms with van der Waals surface area (Å²) in [5.41, 5.74) is 5.89. The summed E-state index contributed by atoms with van der Waals surface area (Å²) in [7, 11) is 2.88. The Bertz CT molecular complexity index is 154. The van der Waals surface area contributed by atoms with E-state index in [-0.39, 0.29) is 0 Å². The van der Waals surface area contributed by atoms with Crippen molar-refractivity contribution < 1.29 is 14.3 Å². The molecule has 0 rings (SSSR count). The quantitative estimate of drug-likeness (QED) is 0.464. The Morgan fingerprint density at radius 3 is 2.64 bits per heavy atom. The second kappa shape index (κ2) is 5.73. The molecule has 0 aliphatic rings. The molecule has 0 aromatic carbocycles. The van der Waals surface area contributed by atoms with Crippen LogP contribution < -0.4 is 5.73 Å². The maximum absolute atomic E-state index is 10.6. The smallest absolute Gasteiger partial charge is 0.332 e. The summed E-state index contributed by atoms with van der Waals surface area (Å²) in [6.07, 6.45) is 1.80. The van der Waals surface area contributed by atoms with Gasteiger partial charge in [0.05, 0.1) is 13.7 Å². The van der Waals surface area contributed by atoms with Crippen LogP contribution in [0.25, 0.3) is 0 Å². The highest BCUT2D eigenvalue weighted by Gasteiger charge is 1.96. The molecule has 0 aliphatic heterocycles. The summed E-state index contributed by atoms with van der Waals surface area (Å²) < 4.78 is 9.12. The second-order valence-corrected chi connectivity index (χ2v) is 1.99. The van der Waals surface area contributed by atoms with Crippen LogP contribution in [0.15, 0.2) is 11.8 Å². The molecule has 0 radical (unpaired) electrons. The van der Waals surface area contributed by atoms with Gasteiger partial charge in [-0.25, -0.2) is 4.79 Å². The zero-order valence-electron chi connectivity index (χ0n) is 6.79. The molecule has 4 heteroatoms. The third-order valence-electron chi connectivity index (χ3n) is 1.10. The standard InChI is InChI=1S/C7H13NO3/c1-10-4-3-6(8)5-7(9)11-2/h5H,3-4,8H2,1-2H3. The molecule has 64 valence electrons. The van der Waals surface area contributed by atoms with Crippen molar-refractivity contribution in [3.8, 4) is 0 Å². The first-order valence-corrected chi connectivity index (χ1v) is 3.23. The molecule has 0 spiro atoms. The molecule has 0 fully saturated rings. The summed E-state index contributed by atoms with van der Waals surface area (Å²) in [5.74, 6) is -0.432. The largest absolute Gasteiger partial charge is 0.466 e. The summed E-state index contributed by atoms with van der Waals surface area (Å²) >= 11 is 0. The Morgan fingerprint density at radius 2 is 2.18 bits per heavy atom. The third kappa shape index (κ3) is 5.42. The van der Waals surface area contributed by atoms with E-state index in [1.165, 1.54) is 13.2 Å². The van der Waals surface area contributed by atoms with E-state index in [0.717, 1.165) is 0 Å². The van der Waals surface area contributed by atoms with Gasteiger partial charge in [-0.3, -0.25) is 0 Å². The number of ether oxygens (including phenoxy) is 2. The zero-order valence-corrected chi connectivity index (χ0v) is 6.79. The predicted octanol–water partition coefficient (Wildman–Crippen LogP) is 0.0385. The number of methoxy groups -OCH3 is 2. The van der Waals surface area contributed by atoms with Crippen molar-refractivity contribution in [2.24, 2.45) is 5.73 Å². The lowest BCUT2D eigenvalue weighted by Crippen LogP contribution is -2.06. The average molecular weight is 159 g/mol. The van der Waals surface area contributed by atoms with Crippen LogP contribution in [-0.2, 0) is 14.3 Å². The number of carbonyl (C=O) groups excluding carboxylic acids is 1. The van der Waals surface area contributed by atoms with E-state index < -0.39 is 5.97 Å². The molecule has 11 heavy (non-hydrogen) atoms. The summed E-state index contributed by atoms with van der Waals surface area (Å²) in [4.78, 5) is 10.6. The molecule has 0 unspecified atom stereocenters. The molecule has 4 nitrogen and oxygen atoms in total. The third-order valence-corrected chi connectivity index (χ3v) is 1.10. The maximum Gasteiger partial charge on any atom is 0.332 e. The van der Waals surface area contributed by atoms with E-state index in [4.69, 9.17) is 10.5 Å². The number of carbonyl (C=O) groups is 1. The molecule has 0 atom stereocenters. The van der Waals surface area contributed by atoms with Gasteiger partial charge in [0.15, 0.2) is 0 Å². The van der Waals surface area contributed by atoms with Gasteiger partial charge < -0.3 is 15.2 Å². The first-order valence-electron chi connectivity index (χ1n) is 3.23. The summed E-state index contributed by atoms with van der Waals surface area (Å²) in [6.45, 7) is 0.513. The number of hydrogen-bond acceptors (Lipinski definition) is 4. The minimum absolute atomic E-state index is 0.432. The van der Waals surface area contributed by atoms with Crippen molar-refractivity contribution in [3.63, 3.8) is 0 Å². The van der Waals surface area contributed by atoms with Gasteiger partial charge in [0.1, 0.15) is 0 Å². The van der Waals surface area contributed by atoms with Crippen molar-refractivity contribution in [2.75, 3.05) is 20.8 Å². The normalized spacial score (nSPS) is 11.3. The van der Waals surface area contributed by atoms with E-state index in [2.05, 4.69) is 4.74 Å². The van der Waals surface area contributed by atoms with Gasteiger partial charge in [-0.2, -0.15) is 0 Å². The molecular formula is C7H13NO3. The summed E-state index contributed by atoms with van der Waals surface area (Å²) in [6, 6.07) is 0. The van der Waals surface area contributed by atoms with Gasteiger partial charge in [0.25, 0.3) is 0 Å². The van der Waals surface area contributed by atoms with Gasteiger partial charge in [0, 0.05) is 25.3 Å². The molecule has 0 aromatic rings. The molecule has 0 heterocycles. The van der Waals surface area contributed by atoms with Crippen LogP contribution >= 0.6 is 0 Å². The van der Waals surface area contributed by atoms with E-state index in [1.807, 2.05) is 0 Å². The average Bonchev–Trinajstić information content (AvgIpc) is 2.00. The highest BCUT2D eigenvalue weighted by Crippen LogP contribution is 1.92. The fourth-order valence-electron chi connectivity index (χ4n) is 0.502. The fraction of sp³-hybridized carbons (Fsp3) is 0.571. The number of hydrogen-bond donors (Lipinski definition) is 1. The fourth-order valence-corrected chi connectivity index (χ4v) is 0.502. The van der Waals surface area contributed by atoms with Crippen LogP contribution in [0.2, 0.25) is 0 Å². The topological polar surface area (TPSA) is 61.5 Å². The van der Waals surface area contributed by atoms with Crippen molar-refractivity contribution in [1.29, 1.82) is 0 Å². The van der Waals surface area contributed by atoms with Crippen LogP contribution in [0.5, 0.6) is 0 Å². The van der Waals surface area contributed by atoms with E-state index >= 15 is 0 Å². The SMILES string of the molecule is COCCC(N)=CC(=O)OC. The van der Waals surface area contributed by atoms with E-state index in [1.54, 1.807) is 7.11 Å². The second-order valence-electron chi connectivity index (χ2n) is 1.99. The lowest BCUT2D eigenvalue weighted by molar-refractivity contribution is -0.134. The molecule has 0 saturated heterocycles. The maximum atomic E-state index is 10.6. The van der Waals surface area contributed by atoms with Gasteiger partial charge in [0.2, 0.25) is 0 Å². The van der Waals surface area contributed by atoms with Gasteiger partial charge >= 0.3 is 5.97 Å². The lowest BCUT2D eigenvalue weighted by atomic mass is 10.3. The highest BCUT2D eigenvalue weighted by molar-refractivity contribution is 5.82. The van der Waals surface area contributed by atoms with Crippen LogP contribution in [0.1, 0.15) is 6.42 Å². The van der Waals surface area contributed by atoms with E-state index in [0.29, 0.717) is 18.7 Å². The Kier molecular flexibility index (Phi) is 5.20. The molecular weight excluding hydrogens is 146 g/mol. The molecule has 0 aromatic heterocycles. The molecule has 0 bridgehead atoms. The Labute approximate surface area is 66.0 Å². The first-order chi connectivity index (χ1) is 5.20. The minimum atomic E-state index is -0.432. The molecule has 0 amide bonds. The number of esters is 1. The monoisotopic (exact) mass is 159 g/mol. The van der Waals surface area contributed by atoms with Crippen LogP contribution in [0.3, 0.4) is 0 Å². The van der Waals surface area contributed by atoms with E-state index in [9.17, 15) is 4.79 Å². The Balaban J connectivity index is 3.70. The van der Waals surface area contributed by atoms with Gasteiger partial charge in [-0.15, -0.1) is 0 Å². The van der Waals surface area contributed by atoms with Gasteiger partial charge in [-0.05, 0) is 0 Å². The van der Waals surface area contributed by atoms with Crippen LogP contribution in [0, 0.1) is 0 Å². The molecule has 0 saturated carbocycles. The molecule has 2 N–H and O–H groups in total. The van der Waals surface area contributed by atoms with Crippen molar-refractivity contribution in [1.82, 2.24) is 0 Å². The highest BCUT2D eigenvalue weighted by atomic mass is 16.5. The van der Waals surface area contributed by atoms with Crippen LogP contribution in [-0.4, -0.2) is 26.8 Å². The van der Waals surface area contributed by atoms with Crippen molar-refractivity contribution in [2.45, 2.75) is 6.42 Å². The predicted molar refractivity (Wildman–Crippen MR) is 40.8 cm³/mol. The zero-order chi connectivity index (χ0) is 8.69. The lowest BCUT2D eigenvalue weighted by Gasteiger charge is -1.98.